The summed E-state index contributed by atoms with van der Waals surface area (Å²) < 4.78 is 0. The largest absolute Gasteiger partial charge is 0.306 e. The van der Waals surface area contributed by atoms with Crippen molar-refractivity contribution in [3.8, 4) is 0 Å². The summed E-state index contributed by atoms with van der Waals surface area (Å²) in [5.41, 5.74) is 0. The minimum Gasteiger partial charge on any atom is -0.306 e. The highest BCUT2D eigenvalue weighted by Gasteiger charge is 1.96. The molecule has 0 bridgehead atoms. The molecule has 1 N–H and O–H groups in total. The molecule has 2 heteroatoms. The van der Waals surface area contributed by atoms with Crippen LogP contribution in [0.3, 0.4) is 0 Å². The summed E-state index contributed by atoms with van der Waals surface area (Å²) in [6, 6.07) is 0. The normalized spacial score (nSPS) is 12.9. The highest BCUT2D eigenvalue weighted by molar-refractivity contribution is 7.99. The fraction of sp³-hybridized carbons (Fsp3) is 1.00. The van der Waals surface area contributed by atoms with Gasteiger partial charge in [-0.1, -0.05) is 58.3 Å². The molecule has 1 nitrogen and oxygen atoms in total. The van der Waals surface area contributed by atoms with Crippen molar-refractivity contribution in [2.45, 2.75) is 77.0 Å². The molecule has 0 aromatic heterocycles. The SMILES string of the molecule is CCCCCCCCCCCNC(C)SC. The lowest BCUT2D eigenvalue weighted by atomic mass is 10.1. The maximum absolute atomic E-state index is 3.51. The smallest absolute Gasteiger partial charge is 0.0500 e. The maximum atomic E-state index is 3.51. The molecule has 16 heavy (non-hydrogen) atoms. The third kappa shape index (κ3) is 12.4. The first-order valence-electron chi connectivity index (χ1n) is 7.07. The topological polar surface area (TPSA) is 12.0 Å². The lowest BCUT2D eigenvalue weighted by molar-refractivity contribution is 0.548. The van der Waals surface area contributed by atoms with Gasteiger partial charge < -0.3 is 5.32 Å². The second-order valence-electron chi connectivity index (χ2n) is 4.66. The molecule has 0 aromatic rings. The summed E-state index contributed by atoms with van der Waals surface area (Å²) in [4.78, 5) is 0. The Morgan fingerprint density at radius 1 is 0.875 bits per heavy atom. The van der Waals surface area contributed by atoms with Crippen LogP contribution in [0.5, 0.6) is 0 Å². The highest BCUT2D eigenvalue weighted by Crippen LogP contribution is 2.09. The van der Waals surface area contributed by atoms with Gasteiger partial charge in [-0.3, -0.25) is 0 Å². The molecule has 0 amide bonds. The highest BCUT2D eigenvalue weighted by atomic mass is 32.2. The van der Waals surface area contributed by atoms with E-state index in [9.17, 15) is 0 Å². The monoisotopic (exact) mass is 245 g/mol. The van der Waals surface area contributed by atoms with Crippen LogP contribution in [0.15, 0.2) is 0 Å². The number of hydrogen-bond donors (Lipinski definition) is 1. The van der Waals surface area contributed by atoms with E-state index in [0.717, 1.165) is 0 Å². The Labute approximate surface area is 107 Å². The van der Waals surface area contributed by atoms with Crippen molar-refractivity contribution >= 4 is 11.8 Å². The molecule has 0 aliphatic heterocycles. The Morgan fingerprint density at radius 3 is 1.88 bits per heavy atom. The Kier molecular flexibility index (Phi) is 13.6. The second kappa shape index (κ2) is 13.4. The molecule has 0 rings (SSSR count). The lowest BCUT2D eigenvalue weighted by Gasteiger charge is -2.10. The van der Waals surface area contributed by atoms with Crippen LogP contribution in [0, 0.1) is 0 Å². The fourth-order valence-corrected chi connectivity index (χ4v) is 2.11. The van der Waals surface area contributed by atoms with Gasteiger partial charge in [-0.15, -0.1) is 11.8 Å². The van der Waals surface area contributed by atoms with Crippen molar-refractivity contribution < 1.29 is 0 Å². The van der Waals surface area contributed by atoms with Gasteiger partial charge in [0.2, 0.25) is 0 Å². The van der Waals surface area contributed by atoms with Crippen LogP contribution in [0.4, 0.5) is 0 Å². The number of rotatable bonds is 12. The summed E-state index contributed by atoms with van der Waals surface area (Å²) in [5.74, 6) is 0. The van der Waals surface area contributed by atoms with Crippen molar-refractivity contribution in [3.63, 3.8) is 0 Å². The molecular formula is C14H31NS. The van der Waals surface area contributed by atoms with Crippen LogP contribution >= 0.6 is 11.8 Å². The van der Waals surface area contributed by atoms with E-state index in [-0.39, 0.29) is 0 Å². The van der Waals surface area contributed by atoms with Crippen LogP contribution in [0.25, 0.3) is 0 Å². The molecule has 0 fully saturated rings. The van der Waals surface area contributed by atoms with Gasteiger partial charge in [0.25, 0.3) is 0 Å². The molecule has 0 aromatic carbocycles. The summed E-state index contributed by atoms with van der Waals surface area (Å²) in [6.07, 6.45) is 14.9. The zero-order valence-corrected chi connectivity index (χ0v) is 12.4. The van der Waals surface area contributed by atoms with Crippen molar-refractivity contribution in [2.75, 3.05) is 12.8 Å². The zero-order valence-electron chi connectivity index (χ0n) is 11.6. The first-order chi connectivity index (χ1) is 7.81. The van der Waals surface area contributed by atoms with Crippen molar-refractivity contribution in [1.29, 1.82) is 0 Å². The Bertz CT molecular complexity index is 128. The minimum atomic E-state index is 0.619. The molecule has 1 atom stereocenters. The average molecular weight is 245 g/mol. The molecule has 0 spiro atoms. The molecule has 98 valence electrons. The average Bonchev–Trinajstić information content (AvgIpc) is 2.31. The summed E-state index contributed by atoms with van der Waals surface area (Å²) in [7, 11) is 0. The van der Waals surface area contributed by atoms with Gasteiger partial charge >= 0.3 is 0 Å². The minimum absolute atomic E-state index is 0.619. The number of hydrogen-bond acceptors (Lipinski definition) is 2. The number of nitrogens with one attached hydrogen (secondary N) is 1. The van der Waals surface area contributed by atoms with Gasteiger partial charge in [0.1, 0.15) is 0 Å². The van der Waals surface area contributed by atoms with Crippen molar-refractivity contribution in [2.24, 2.45) is 0 Å². The molecule has 0 radical (unpaired) electrons. The molecule has 0 saturated heterocycles. The van der Waals surface area contributed by atoms with Crippen LogP contribution in [-0.4, -0.2) is 18.2 Å². The van der Waals surface area contributed by atoms with Gasteiger partial charge in [-0.25, -0.2) is 0 Å². The van der Waals surface area contributed by atoms with Crippen molar-refractivity contribution in [1.82, 2.24) is 5.32 Å². The molecule has 0 heterocycles. The Balaban J connectivity index is 2.93. The number of thioether (sulfide) groups is 1. The molecule has 1 unspecified atom stereocenters. The Hall–Kier alpha value is 0.310. The van der Waals surface area contributed by atoms with E-state index < -0.39 is 0 Å². The zero-order chi connectivity index (χ0) is 12.1. The van der Waals surface area contributed by atoms with Crippen LogP contribution in [0.2, 0.25) is 0 Å². The first kappa shape index (κ1) is 16.3. The van der Waals surface area contributed by atoms with Gasteiger partial charge in [0, 0.05) is 0 Å². The van der Waals surface area contributed by atoms with Crippen LogP contribution in [0.1, 0.15) is 71.6 Å². The molecular weight excluding hydrogens is 214 g/mol. The van der Waals surface area contributed by atoms with E-state index >= 15 is 0 Å². The lowest BCUT2D eigenvalue weighted by Crippen LogP contribution is -2.23. The van der Waals surface area contributed by atoms with E-state index in [1.807, 2.05) is 11.8 Å². The van der Waals surface area contributed by atoms with E-state index in [4.69, 9.17) is 0 Å². The molecule has 0 saturated carbocycles. The third-order valence-corrected chi connectivity index (χ3v) is 3.94. The molecule has 0 aliphatic carbocycles. The predicted octanol–water partition coefficient (Wildman–Crippen LogP) is 4.82. The van der Waals surface area contributed by atoms with Gasteiger partial charge in [-0.2, -0.15) is 0 Å². The second-order valence-corrected chi connectivity index (χ2v) is 5.84. The number of unbranched alkanes of at least 4 members (excludes halogenated alkanes) is 8. The summed E-state index contributed by atoms with van der Waals surface area (Å²) >= 11 is 1.89. The van der Waals surface area contributed by atoms with E-state index in [2.05, 4.69) is 25.4 Å². The third-order valence-electron chi connectivity index (χ3n) is 3.07. The van der Waals surface area contributed by atoms with Crippen molar-refractivity contribution in [3.05, 3.63) is 0 Å². The quantitative estimate of drug-likeness (QED) is 0.391. The van der Waals surface area contributed by atoms with E-state index in [1.54, 1.807) is 0 Å². The van der Waals surface area contributed by atoms with E-state index in [1.165, 1.54) is 64.3 Å². The van der Waals surface area contributed by atoms with E-state index in [0.29, 0.717) is 5.37 Å². The predicted molar refractivity (Wildman–Crippen MR) is 78.2 cm³/mol. The Morgan fingerprint density at radius 2 is 1.38 bits per heavy atom. The van der Waals surface area contributed by atoms with Gasteiger partial charge in [0.05, 0.1) is 5.37 Å². The maximum Gasteiger partial charge on any atom is 0.0500 e. The summed E-state index contributed by atoms with van der Waals surface area (Å²) in [6.45, 7) is 5.71. The van der Waals surface area contributed by atoms with Gasteiger partial charge in [0.15, 0.2) is 0 Å². The molecule has 0 aliphatic rings. The fourth-order valence-electron chi connectivity index (χ4n) is 1.82. The van der Waals surface area contributed by atoms with Crippen LogP contribution < -0.4 is 5.32 Å². The van der Waals surface area contributed by atoms with Gasteiger partial charge in [-0.05, 0) is 26.1 Å². The standard InChI is InChI=1S/C14H31NS/c1-4-5-6-7-8-9-10-11-12-13-15-14(2)16-3/h14-15H,4-13H2,1-3H3. The summed E-state index contributed by atoms with van der Waals surface area (Å²) in [5, 5.41) is 4.13. The van der Waals surface area contributed by atoms with Crippen LogP contribution in [-0.2, 0) is 0 Å². The first-order valence-corrected chi connectivity index (χ1v) is 8.36.